The third kappa shape index (κ3) is 2.65. The summed E-state index contributed by atoms with van der Waals surface area (Å²) in [5.74, 6) is 0.0825. The third-order valence-corrected chi connectivity index (χ3v) is 3.74. The van der Waals surface area contributed by atoms with Crippen LogP contribution in [0, 0.1) is 12.8 Å². The highest BCUT2D eigenvalue weighted by atomic mass is 35.5. The first-order valence-corrected chi connectivity index (χ1v) is 6.46. The fraction of sp³-hybridized carbons (Fsp3) is 0.538. The molecule has 1 aromatic heterocycles. The number of likely N-dealkylation sites (tertiary alicyclic amines) is 1. The first-order chi connectivity index (χ1) is 8.49. The molecule has 0 aromatic carbocycles. The van der Waals surface area contributed by atoms with Crippen LogP contribution in [0.25, 0.3) is 0 Å². The number of piperidine rings is 1. The summed E-state index contributed by atoms with van der Waals surface area (Å²) in [6, 6.07) is 1.68. The molecular weight excluding hydrogens is 252 g/mol. The number of pyridine rings is 1. The van der Waals surface area contributed by atoms with Crippen molar-refractivity contribution in [1.82, 2.24) is 9.88 Å². The van der Waals surface area contributed by atoms with Crippen molar-refractivity contribution < 1.29 is 9.90 Å². The molecule has 2 heterocycles. The fourth-order valence-corrected chi connectivity index (χ4v) is 2.38. The van der Waals surface area contributed by atoms with Crippen LogP contribution in [0.5, 0.6) is 0 Å². The molecule has 0 aliphatic carbocycles. The van der Waals surface area contributed by atoms with Crippen molar-refractivity contribution in [3.05, 3.63) is 28.5 Å². The van der Waals surface area contributed by atoms with Crippen LogP contribution in [0.3, 0.4) is 0 Å². The van der Waals surface area contributed by atoms with E-state index in [0.717, 1.165) is 12.1 Å². The lowest BCUT2D eigenvalue weighted by atomic mass is 9.95. The molecule has 98 valence electrons. The van der Waals surface area contributed by atoms with E-state index in [9.17, 15) is 9.90 Å². The van der Waals surface area contributed by atoms with Crippen LogP contribution >= 0.6 is 11.6 Å². The molecule has 1 aliphatic rings. The lowest BCUT2D eigenvalue weighted by molar-refractivity contribution is 0.0248. The van der Waals surface area contributed by atoms with Crippen LogP contribution in [0.2, 0.25) is 5.02 Å². The van der Waals surface area contributed by atoms with Crippen LogP contribution in [0.1, 0.15) is 29.4 Å². The molecule has 0 bridgehead atoms. The summed E-state index contributed by atoms with van der Waals surface area (Å²) in [5, 5.41) is 10.2. The van der Waals surface area contributed by atoms with E-state index < -0.39 is 6.10 Å². The Bertz CT molecular complexity index is 464. The number of carbonyl (C=O) groups excluding carboxylic acids is 1. The van der Waals surface area contributed by atoms with Gasteiger partial charge in [-0.2, -0.15) is 0 Å². The Morgan fingerprint density at radius 2 is 2.33 bits per heavy atom. The maximum atomic E-state index is 12.3. The van der Waals surface area contributed by atoms with E-state index in [1.54, 1.807) is 11.0 Å². The number of rotatable bonds is 1. The Balaban J connectivity index is 2.16. The van der Waals surface area contributed by atoms with Gasteiger partial charge < -0.3 is 10.0 Å². The number of aliphatic hydroxyl groups is 1. The molecule has 2 atom stereocenters. The molecule has 0 radical (unpaired) electrons. The predicted octanol–water partition coefficient (Wildman–Crippen LogP) is 1.89. The number of amides is 1. The van der Waals surface area contributed by atoms with E-state index in [4.69, 9.17) is 11.6 Å². The van der Waals surface area contributed by atoms with E-state index in [-0.39, 0.29) is 11.8 Å². The number of nitrogens with zero attached hydrogens (tertiary/aromatic N) is 2. The zero-order chi connectivity index (χ0) is 13.3. The van der Waals surface area contributed by atoms with E-state index in [2.05, 4.69) is 4.98 Å². The number of halogens is 1. The molecule has 1 fully saturated rings. The van der Waals surface area contributed by atoms with Gasteiger partial charge in [0.2, 0.25) is 0 Å². The Labute approximate surface area is 112 Å². The van der Waals surface area contributed by atoms with Crippen molar-refractivity contribution >= 4 is 17.5 Å². The summed E-state index contributed by atoms with van der Waals surface area (Å²) < 4.78 is 0. The number of aliphatic hydroxyl groups excluding tert-OH is 1. The SMILES string of the molecule is Cc1cc(Cl)c(C(=O)N2CCC(C)C(O)C2)cn1. The summed E-state index contributed by atoms with van der Waals surface area (Å²) in [7, 11) is 0. The normalized spacial score (nSPS) is 24.1. The topological polar surface area (TPSA) is 53.4 Å². The molecule has 2 rings (SSSR count). The molecule has 0 spiro atoms. The van der Waals surface area contributed by atoms with Gasteiger partial charge in [-0.15, -0.1) is 0 Å². The maximum absolute atomic E-state index is 12.3. The second-order valence-corrected chi connectivity index (χ2v) is 5.30. The smallest absolute Gasteiger partial charge is 0.257 e. The van der Waals surface area contributed by atoms with Crippen molar-refractivity contribution in [1.29, 1.82) is 0 Å². The predicted molar refractivity (Wildman–Crippen MR) is 69.7 cm³/mol. The monoisotopic (exact) mass is 268 g/mol. The average Bonchev–Trinajstić information content (AvgIpc) is 2.32. The molecule has 5 heteroatoms. The van der Waals surface area contributed by atoms with Gasteiger partial charge in [0.25, 0.3) is 5.91 Å². The van der Waals surface area contributed by atoms with Gasteiger partial charge in [0.1, 0.15) is 0 Å². The average molecular weight is 269 g/mol. The largest absolute Gasteiger partial charge is 0.391 e. The Morgan fingerprint density at radius 3 is 2.94 bits per heavy atom. The maximum Gasteiger partial charge on any atom is 0.257 e. The molecule has 4 nitrogen and oxygen atoms in total. The number of β-amino-alcohol motifs (C(OH)–C–C–N with tert-alkyl or cyclic N) is 1. The molecule has 2 unspecified atom stereocenters. The lowest BCUT2D eigenvalue weighted by Crippen LogP contribution is -2.45. The highest BCUT2D eigenvalue weighted by Gasteiger charge is 2.28. The van der Waals surface area contributed by atoms with Crippen molar-refractivity contribution in [3.8, 4) is 0 Å². The summed E-state index contributed by atoms with van der Waals surface area (Å²) in [6.45, 7) is 4.84. The lowest BCUT2D eigenvalue weighted by Gasteiger charge is -2.34. The molecular formula is C13H17ClN2O2. The van der Waals surface area contributed by atoms with E-state index >= 15 is 0 Å². The van der Waals surface area contributed by atoms with Gasteiger partial charge >= 0.3 is 0 Å². The van der Waals surface area contributed by atoms with E-state index in [0.29, 0.717) is 23.7 Å². The highest BCUT2D eigenvalue weighted by molar-refractivity contribution is 6.33. The number of carbonyl (C=O) groups is 1. The molecule has 1 aliphatic heterocycles. The second kappa shape index (κ2) is 5.24. The molecule has 1 saturated heterocycles. The Morgan fingerprint density at radius 1 is 1.61 bits per heavy atom. The molecule has 1 aromatic rings. The quantitative estimate of drug-likeness (QED) is 0.846. The van der Waals surface area contributed by atoms with Crippen molar-refractivity contribution in [2.24, 2.45) is 5.92 Å². The highest BCUT2D eigenvalue weighted by Crippen LogP contribution is 2.22. The summed E-state index contributed by atoms with van der Waals surface area (Å²) >= 11 is 6.06. The summed E-state index contributed by atoms with van der Waals surface area (Å²) in [6.07, 6.45) is 1.86. The molecule has 18 heavy (non-hydrogen) atoms. The first kappa shape index (κ1) is 13.3. The molecule has 1 N–H and O–H groups in total. The van der Waals surface area contributed by atoms with Gasteiger partial charge in [0.05, 0.1) is 16.7 Å². The van der Waals surface area contributed by atoms with E-state index in [1.807, 2.05) is 13.8 Å². The minimum absolute atomic E-state index is 0.154. The van der Waals surface area contributed by atoms with Crippen molar-refractivity contribution in [2.45, 2.75) is 26.4 Å². The second-order valence-electron chi connectivity index (χ2n) is 4.89. The fourth-order valence-electron chi connectivity index (χ4n) is 2.09. The number of hydrogen-bond acceptors (Lipinski definition) is 3. The van der Waals surface area contributed by atoms with E-state index in [1.165, 1.54) is 6.20 Å². The van der Waals surface area contributed by atoms with Crippen LogP contribution in [0.15, 0.2) is 12.3 Å². The summed E-state index contributed by atoms with van der Waals surface area (Å²) in [4.78, 5) is 18.0. The molecule has 0 saturated carbocycles. The van der Waals surface area contributed by atoms with Crippen LogP contribution in [0.4, 0.5) is 0 Å². The minimum Gasteiger partial charge on any atom is -0.391 e. The van der Waals surface area contributed by atoms with Gasteiger partial charge in [0.15, 0.2) is 0 Å². The number of aromatic nitrogens is 1. The van der Waals surface area contributed by atoms with Gasteiger partial charge in [0, 0.05) is 25.0 Å². The van der Waals surface area contributed by atoms with Crippen molar-refractivity contribution in [3.63, 3.8) is 0 Å². The van der Waals surface area contributed by atoms with Crippen LogP contribution in [-0.2, 0) is 0 Å². The first-order valence-electron chi connectivity index (χ1n) is 6.08. The standard InChI is InChI=1S/C13H17ClN2O2/c1-8-3-4-16(7-12(8)17)13(18)10-6-15-9(2)5-11(10)14/h5-6,8,12,17H,3-4,7H2,1-2H3. The third-order valence-electron chi connectivity index (χ3n) is 3.43. The van der Waals surface area contributed by atoms with Gasteiger partial charge in [-0.25, -0.2) is 0 Å². The number of aryl methyl sites for hydroxylation is 1. The number of hydrogen-bond donors (Lipinski definition) is 1. The van der Waals surface area contributed by atoms with Gasteiger partial charge in [-0.3, -0.25) is 9.78 Å². The molecule has 1 amide bonds. The summed E-state index contributed by atoms with van der Waals surface area (Å²) in [5.41, 5.74) is 1.19. The van der Waals surface area contributed by atoms with Crippen molar-refractivity contribution in [2.75, 3.05) is 13.1 Å². The van der Waals surface area contributed by atoms with Gasteiger partial charge in [-0.05, 0) is 25.3 Å². The zero-order valence-corrected chi connectivity index (χ0v) is 11.3. The Hall–Kier alpha value is -1.13. The Kier molecular flexibility index (Phi) is 3.88. The minimum atomic E-state index is -0.458. The van der Waals surface area contributed by atoms with Crippen LogP contribution in [-0.4, -0.2) is 40.1 Å². The van der Waals surface area contributed by atoms with Gasteiger partial charge in [-0.1, -0.05) is 18.5 Å². The van der Waals surface area contributed by atoms with Crippen LogP contribution < -0.4 is 0 Å². The zero-order valence-electron chi connectivity index (χ0n) is 10.6.